The zero-order valence-corrected chi connectivity index (χ0v) is 16.1. The van der Waals surface area contributed by atoms with Gasteiger partial charge in [0, 0.05) is 20.1 Å². The lowest BCUT2D eigenvalue weighted by atomic mass is 10.2. The van der Waals surface area contributed by atoms with Gasteiger partial charge in [-0.15, -0.1) is 11.3 Å². The van der Waals surface area contributed by atoms with Crippen molar-refractivity contribution in [3.05, 3.63) is 53.0 Å². The maximum atomic E-state index is 13.9. The number of anilines is 2. The van der Waals surface area contributed by atoms with Gasteiger partial charge in [0.15, 0.2) is 0 Å². The molecular weight excluding hydrogens is 365 g/mol. The zero-order valence-electron chi connectivity index (χ0n) is 15.2. The van der Waals surface area contributed by atoms with Crippen molar-refractivity contribution in [2.24, 2.45) is 0 Å². The molecule has 0 saturated carbocycles. The second-order valence-corrected chi connectivity index (χ2v) is 7.58. The van der Waals surface area contributed by atoms with Gasteiger partial charge in [-0.25, -0.2) is 9.37 Å². The molecule has 0 saturated heterocycles. The van der Waals surface area contributed by atoms with Gasteiger partial charge in [0.1, 0.15) is 11.6 Å². The maximum absolute atomic E-state index is 13.9. The fourth-order valence-corrected chi connectivity index (χ4v) is 3.99. The van der Waals surface area contributed by atoms with Crippen molar-refractivity contribution in [2.45, 2.75) is 19.8 Å². The summed E-state index contributed by atoms with van der Waals surface area (Å²) in [7, 11) is 1.96. The molecular formula is C20H20FN3O2S. The number of carbonyl (C=O) groups is 1. The fourth-order valence-electron chi connectivity index (χ4n) is 3.34. The van der Waals surface area contributed by atoms with E-state index < -0.39 is 0 Å². The molecule has 0 atom stereocenters. The minimum absolute atomic E-state index is 0.105. The van der Waals surface area contributed by atoms with Crippen molar-refractivity contribution in [1.29, 1.82) is 0 Å². The van der Waals surface area contributed by atoms with Crippen LogP contribution in [0.15, 0.2) is 40.1 Å². The third-order valence-electron chi connectivity index (χ3n) is 4.76. The van der Waals surface area contributed by atoms with Gasteiger partial charge in [-0.1, -0.05) is 6.07 Å². The molecule has 5 nitrogen and oxygen atoms in total. The van der Waals surface area contributed by atoms with Crippen molar-refractivity contribution >= 4 is 28.6 Å². The number of hydrogen-bond donors (Lipinski definition) is 0. The Morgan fingerprint density at radius 1 is 1.30 bits per heavy atom. The van der Waals surface area contributed by atoms with Gasteiger partial charge in [0.05, 0.1) is 28.4 Å². The lowest BCUT2D eigenvalue weighted by Crippen LogP contribution is -2.33. The van der Waals surface area contributed by atoms with E-state index >= 15 is 0 Å². The first-order chi connectivity index (χ1) is 13.0. The predicted octanol–water partition coefficient (Wildman–Crippen LogP) is 4.27. The van der Waals surface area contributed by atoms with Crippen LogP contribution in [0.1, 0.15) is 17.9 Å². The van der Waals surface area contributed by atoms with Crippen LogP contribution in [0.2, 0.25) is 0 Å². The van der Waals surface area contributed by atoms with Gasteiger partial charge in [-0.05, 0) is 43.0 Å². The highest BCUT2D eigenvalue weighted by atomic mass is 32.1. The van der Waals surface area contributed by atoms with Crippen LogP contribution in [0.5, 0.6) is 0 Å². The minimum Gasteiger partial charge on any atom is -0.440 e. The third-order valence-corrected chi connectivity index (χ3v) is 5.62. The monoisotopic (exact) mass is 385 g/mol. The third kappa shape index (κ3) is 3.47. The summed E-state index contributed by atoms with van der Waals surface area (Å²) < 4.78 is 19.6. The molecule has 4 rings (SSSR count). The van der Waals surface area contributed by atoms with Crippen LogP contribution in [0, 0.1) is 12.7 Å². The van der Waals surface area contributed by atoms with E-state index in [0.29, 0.717) is 29.6 Å². The zero-order chi connectivity index (χ0) is 19.0. The normalized spacial score (nSPS) is 14.2. The molecule has 1 amide bonds. The smallest absolute Gasteiger partial charge is 0.236 e. The minimum atomic E-state index is -0.348. The number of aromatic nitrogens is 1. The summed E-state index contributed by atoms with van der Waals surface area (Å²) >= 11 is 1.54. The summed E-state index contributed by atoms with van der Waals surface area (Å²) in [6.45, 7) is 3.18. The first-order valence-corrected chi connectivity index (χ1v) is 9.72. The molecule has 140 valence electrons. The highest BCUT2D eigenvalue weighted by Gasteiger charge is 2.26. The van der Waals surface area contributed by atoms with E-state index in [9.17, 15) is 9.18 Å². The van der Waals surface area contributed by atoms with Gasteiger partial charge < -0.3 is 14.2 Å². The highest BCUT2D eigenvalue weighted by molar-refractivity contribution is 7.13. The van der Waals surface area contributed by atoms with E-state index in [1.54, 1.807) is 22.3 Å². The van der Waals surface area contributed by atoms with Gasteiger partial charge in [-0.3, -0.25) is 4.79 Å². The number of aryl methyl sites for hydroxylation is 1. The molecule has 0 unspecified atom stereocenters. The first-order valence-electron chi connectivity index (χ1n) is 8.84. The summed E-state index contributed by atoms with van der Waals surface area (Å²) in [5.74, 6) is 0.719. The average Bonchev–Trinajstić information content (AvgIpc) is 3.25. The molecule has 3 aromatic rings. The van der Waals surface area contributed by atoms with Crippen LogP contribution >= 0.6 is 11.3 Å². The van der Waals surface area contributed by atoms with Crippen molar-refractivity contribution in [2.75, 3.05) is 29.9 Å². The molecule has 1 aliphatic rings. The van der Waals surface area contributed by atoms with E-state index in [0.717, 1.165) is 23.5 Å². The number of benzene rings is 1. The number of fused-ring (bicyclic) bond motifs is 1. The average molecular weight is 385 g/mol. The van der Waals surface area contributed by atoms with Crippen LogP contribution in [0.25, 0.3) is 10.8 Å². The molecule has 2 aromatic heterocycles. The summed E-state index contributed by atoms with van der Waals surface area (Å²) in [6.07, 6.45) is 0.942. The van der Waals surface area contributed by atoms with Crippen LogP contribution in [-0.2, 0) is 11.2 Å². The van der Waals surface area contributed by atoms with Crippen molar-refractivity contribution in [3.8, 4) is 10.8 Å². The van der Waals surface area contributed by atoms with Crippen LogP contribution in [0.3, 0.4) is 0 Å². The SMILES string of the molecule is Cc1oc(-c2cccs2)nc1CC(=O)N1CCCN(C)c2ccc(F)cc21. The summed E-state index contributed by atoms with van der Waals surface area (Å²) in [6, 6.07) is 8.46. The number of thiophene rings is 1. The number of carbonyl (C=O) groups excluding carboxylic acids is 1. The molecule has 7 heteroatoms. The molecule has 0 bridgehead atoms. The van der Waals surface area contributed by atoms with E-state index in [-0.39, 0.29) is 18.1 Å². The fraction of sp³-hybridized carbons (Fsp3) is 0.300. The highest BCUT2D eigenvalue weighted by Crippen LogP contribution is 2.33. The molecule has 0 aliphatic carbocycles. The number of halogens is 1. The lowest BCUT2D eigenvalue weighted by molar-refractivity contribution is -0.118. The second kappa shape index (κ2) is 7.15. The van der Waals surface area contributed by atoms with Crippen molar-refractivity contribution in [1.82, 2.24) is 4.98 Å². The molecule has 0 spiro atoms. The molecule has 1 aliphatic heterocycles. The molecule has 27 heavy (non-hydrogen) atoms. The van der Waals surface area contributed by atoms with Gasteiger partial charge in [0.25, 0.3) is 0 Å². The van der Waals surface area contributed by atoms with Gasteiger partial charge in [0.2, 0.25) is 11.8 Å². The van der Waals surface area contributed by atoms with Crippen LogP contribution in [-0.4, -0.2) is 31.0 Å². The Balaban J connectivity index is 1.62. The Hall–Kier alpha value is -2.67. The van der Waals surface area contributed by atoms with Gasteiger partial charge in [-0.2, -0.15) is 0 Å². The second-order valence-electron chi connectivity index (χ2n) is 6.63. The standard InChI is InChI=1S/C20H20FN3O2S/c1-13-15(22-20(26-13)18-5-3-10-27-18)12-19(25)24-9-4-8-23(2)16-7-6-14(21)11-17(16)24/h3,5-7,10-11H,4,8-9,12H2,1-2H3. The quantitative estimate of drug-likeness (QED) is 0.676. The largest absolute Gasteiger partial charge is 0.440 e. The van der Waals surface area contributed by atoms with E-state index in [1.807, 2.05) is 31.5 Å². The van der Waals surface area contributed by atoms with Gasteiger partial charge >= 0.3 is 0 Å². The molecule has 1 aromatic carbocycles. The number of rotatable bonds is 3. The molecule has 0 N–H and O–H groups in total. The number of oxazole rings is 1. The number of nitrogens with zero attached hydrogens (tertiary/aromatic N) is 3. The predicted molar refractivity (Wildman–Crippen MR) is 105 cm³/mol. The number of amides is 1. The number of hydrogen-bond acceptors (Lipinski definition) is 5. The Labute approximate surface area is 161 Å². The molecule has 3 heterocycles. The van der Waals surface area contributed by atoms with Crippen molar-refractivity contribution in [3.63, 3.8) is 0 Å². The molecule has 0 fully saturated rings. The molecule has 0 radical (unpaired) electrons. The van der Waals surface area contributed by atoms with Crippen LogP contribution < -0.4 is 9.80 Å². The Morgan fingerprint density at radius 2 is 2.15 bits per heavy atom. The Kier molecular flexibility index (Phi) is 4.70. The Bertz CT molecular complexity index is 968. The van der Waals surface area contributed by atoms with E-state index in [2.05, 4.69) is 9.88 Å². The summed E-state index contributed by atoms with van der Waals surface area (Å²) in [4.78, 5) is 22.2. The topological polar surface area (TPSA) is 49.6 Å². The Morgan fingerprint density at radius 3 is 2.93 bits per heavy atom. The van der Waals surface area contributed by atoms with E-state index in [1.165, 1.54) is 12.1 Å². The maximum Gasteiger partial charge on any atom is 0.236 e. The lowest BCUT2D eigenvalue weighted by Gasteiger charge is -2.24. The summed E-state index contributed by atoms with van der Waals surface area (Å²) in [5.41, 5.74) is 2.09. The van der Waals surface area contributed by atoms with E-state index in [4.69, 9.17) is 4.42 Å². The van der Waals surface area contributed by atoms with Crippen LogP contribution in [0.4, 0.5) is 15.8 Å². The summed E-state index contributed by atoms with van der Waals surface area (Å²) in [5, 5.41) is 1.96. The first kappa shape index (κ1) is 17.7. The van der Waals surface area contributed by atoms with Crippen molar-refractivity contribution < 1.29 is 13.6 Å².